The number of amides is 2. The lowest BCUT2D eigenvalue weighted by Crippen LogP contribution is -2.52. The molecule has 0 radical (unpaired) electrons. The quantitative estimate of drug-likeness (QED) is 0.782. The number of hydrogen-bond donors (Lipinski definition) is 3. The van der Waals surface area contributed by atoms with Gasteiger partial charge in [0.1, 0.15) is 6.04 Å². The molecule has 0 saturated heterocycles. The Hall–Kier alpha value is -2.11. The van der Waals surface area contributed by atoms with Crippen LogP contribution in [0.15, 0.2) is 18.3 Å². The Morgan fingerprint density at radius 3 is 2.55 bits per heavy atom. The normalized spacial score (nSPS) is 12.6. The summed E-state index contributed by atoms with van der Waals surface area (Å²) in [5.74, 6) is -1.05. The first-order chi connectivity index (χ1) is 9.21. The van der Waals surface area contributed by atoms with Gasteiger partial charge in [-0.25, -0.2) is 9.59 Å². The van der Waals surface area contributed by atoms with E-state index in [1.54, 1.807) is 27.0 Å². The largest absolute Gasteiger partial charge is 0.480 e. The van der Waals surface area contributed by atoms with E-state index in [0.29, 0.717) is 0 Å². The van der Waals surface area contributed by atoms with Crippen molar-refractivity contribution in [2.75, 3.05) is 0 Å². The fourth-order valence-corrected chi connectivity index (χ4v) is 1.70. The molecule has 0 saturated carbocycles. The van der Waals surface area contributed by atoms with Gasteiger partial charge in [-0.15, -0.1) is 0 Å². The highest BCUT2D eigenvalue weighted by atomic mass is 16.4. The molecule has 1 heterocycles. The van der Waals surface area contributed by atoms with Crippen molar-refractivity contribution in [3.05, 3.63) is 29.6 Å². The number of aryl methyl sites for hydroxylation is 1. The van der Waals surface area contributed by atoms with Crippen molar-refractivity contribution in [1.29, 1.82) is 0 Å². The Morgan fingerprint density at radius 1 is 1.40 bits per heavy atom. The van der Waals surface area contributed by atoms with E-state index in [1.807, 2.05) is 19.1 Å². The third-order valence-electron chi connectivity index (χ3n) is 2.92. The van der Waals surface area contributed by atoms with E-state index >= 15 is 0 Å². The van der Waals surface area contributed by atoms with Gasteiger partial charge in [0, 0.05) is 6.20 Å². The van der Waals surface area contributed by atoms with Gasteiger partial charge >= 0.3 is 12.0 Å². The van der Waals surface area contributed by atoms with Gasteiger partial charge in [-0.3, -0.25) is 4.98 Å². The molecule has 1 aromatic rings. The molecule has 0 aliphatic heterocycles. The second-order valence-electron chi connectivity index (χ2n) is 5.73. The maximum absolute atomic E-state index is 11.8. The summed E-state index contributed by atoms with van der Waals surface area (Å²) in [5, 5.41) is 14.2. The molecule has 1 atom stereocenters. The summed E-state index contributed by atoms with van der Waals surface area (Å²) in [6.45, 7) is 7.44. The highest BCUT2D eigenvalue weighted by molar-refractivity contribution is 5.83. The molecule has 0 fully saturated rings. The molecule has 0 aliphatic rings. The SMILES string of the molecule is Cc1cccnc1CNC(=O)N[C@@H](C(=O)O)C(C)(C)C. The predicted molar refractivity (Wildman–Crippen MR) is 75.2 cm³/mol. The molecule has 2 amide bonds. The minimum atomic E-state index is -1.05. The van der Waals surface area contributed by atoms with Crippen LogP contribution in [-0.2, 0) is 11.3 Å². The highest BCUT2D eigenvalue weighted by Gasteiger charge is 2.32. The Kier molecular flexibility index (Phi) is 5.07. The molecular weight excluding hydrogens is 258 g/mol. The number of aromatic nitrogens is 1. The van der Waals surface area contributed by atoms with Gasteiger partial charge in [0.25, 0.3) is 0 Å². The number of hydrogen-bond acceptors (Lipinski definition) is 3. The number of rotatable bonds is 4. The smallest absolute Gasteiger partial charge is 0.326 e. The van der Waals surface area contributed by atoms with Crippen LogP contribution in [0.25, 0.3) is 0 Å². The van der Waals surface area contributed by atoms with Crippen LogP contribution in [0.5, 0.6) is 0 Å². The number of nitrogens with one attached hydrogen (secondary N) is 2. The molecule has 1 aromatic heterocycles. The number of pyridine rings is 1. The van der Waals surface area contributed by atoms with Crippen LogP contribution in [0.1, 0.15) is 32.0 Å². The average molecular weight is 279 g/mol. The van der Waals surface area contributed by atoms with E-state index in [0.717, 1.165) is 11.3 Å². The molecule has 20 heavy (non-hydrogen) atoms. The molecule has 0 aromatic carbocycles. The second-order valence-corrected chi connectivity index (χ2v) is 5.73. The Labute approximate surface area is 118 Å². The monoisotopic (exact) mass is 279 g/mol. The van der Waals surface area contributed by atoms with Gasteiger partial charge in [0.2, 0.25) is 0 Å². The Balaban J connectivity index is 2.60. The zero-order valence-corrected chi connectivity index (χ0v) is 12.2. The summed E-state index contributed by atoms with van der Waals surface area (Å²) < 4.78 is 0. The molecular formula is C14H21N3O3. The number of urea groups is 1. The van der Waals surface area contributed by atoms with Crippen molar-refractivity contribution >= 4 is 12.0 Å². The van der Waals surface area contributed by atoms with Crippen molar-refractivity contribution in [2.45, 2.75) is 40.3 Å². The van der Waals surface area contributed by atoms with Crippen LogP contribution < -0.4 is 10.6 Å². The van der Waals surface area contributed by atoms with E-state index in [9.17, 15) is 9.59 Å². The molecule has 6 heteroatoms. The van der Waals surface area contributed by atoms with Gasteiger partial charge in [0.05, 0.1) is 12.2 Å². The Morgan fingerprint density at radius 2 is 2.05 bits per heavy atom. The summed E-state index contributed by atoms with van der Waals surface area (Å²) in [7, 11) is 0. The Bertz CT molecular complexity index is 495. The summed E-state index contributed by atoms with van der Waals surface area (Å²) >= 11 is 0. The number of nitrogens with zero attached hydrogens (tertiary/aromatic N) is 1. The van der Waals surface area contributed by atoms with Gasteiger partial charge in [-0.1, -0.05) is 26.8 Å². The van der Waals surface area contributed by atoms with Crippen molar-refractivity contribution in [3.8, 4) is 0 Å². The fourth-order valence-electron chi connectivity index (χ4n) is 1.70. The van der Waals surface area contributed by atoms with Gasteiger partial charge in [-0.05, 0) is 24.0 Å². The maximum Gasteiger partial charge on any atom is 0.326 e. The van der Waals surface area contributed by atoms with Gasteiger partial charge < -0.3 is 15.7 Å². The summed E-state index contributed by atoms with van der Waals surface area (Å²) in [6.07, 6.45) is 1.65. The summed E-state index contributed by atoms with van der Waals surface area (Å²) in [6, 6.07) is 2.25. The van der Waals surface area contributed by atoms with Crippen LogP contribution >= 0.6 is 0 Å². The predicted octanol–water partition coefficient (Wildman–Crippen LogP) is 1.69. The van der Waals surface area contributed by atoms with Gasteiger partial charge in [0.15, 0.2) is 0 Å². The van der Waals surface area contributed by atoms with Crippen LogP contribution in [0.3, 0.4) is 0 Å². The highest BCUT2D eigenvalue weighted by Crippen LogP contribution is 2.19. The maximum atomic E-state index is 11.8. The summed E-state index contributed by atoms with van der Waals surface area (Å²) in [4.78, 5) is 27.1. The van der Waals surface area contributed by atoms with E-state index in [2.05, 4.69) is 15.6 Å². The van der Waals surface area contributed by atoms with Crippen molar-refractivity contribution in [2.24, 2.45) is 5.41 Å². The van der Waals surface area contributed by atoms with Gasteiger partial charge in [-0.2, -0.15) is 0 Å². The topological polar surface area (TPSA) is 91.3 Å². The first-order valence-corrected chi connectivity index (χ1v) is 6.39. The molecule has 6 nitrogen and oxygen atoms in total. The lowest BCUT2D eigenvalue weighted by Gasteiger charge is -2.27. The van der Waals surface area contributed by atoms with Crippen LogP contribution in [0, 0.1) is 12.3 Å². The van der Waals surface area contributed by atoms with Crippen molar-refractivity contribution < 1.29 is 14.7 Å². The van der Waals surface area contributed by atoms with E-state index in [-0.39, 0.29) is 6.54 Å². The van der Waals surface area contributed by atoms with Crippen LogP contribution in [0.2, 0.25) is 0 Å². The van der Waals surface area contributed by atoms with Crippen molar-refractivity contribution in [1.82, 2.24) is 15.6 Å². The van der Waals surface area contributed by atoms with E-state index in [1.165, 1.54) is 0 Å². The second kappa shape index (κ2) is 6.36. The van der Waals surface area contributed by atoms with Crippen molar-refractivity contribution in [3.63, 3.8) is 0 Å². The number of carboxylic acids is 1. The lowest BCUT2D eigenvalue weighted by atomic mass is 9.87. The van der Waals surface area contributed by atoms with Crippen LogP contribution in [-0.4, -0.2) is 28.1 Å². The molecule has 0 unspecified atom stereocenters. The summed E-state index contributed by atoms with van der Waals surface area (Å²) in [5.41, 5.74) is 1.16. The van der Waals surface area contributed by atoms with E-state index < -0.39 is 23.5 Å². The molecule has 0 spiro atoms. The molecule has 0 aliphatic carbocycles. The standard InChI is InChI=1S/C14H21N3O3/c1-9-6-5-7-15-10(9)8-16-13(20)17-11(12(18)19)14(2,3)4/h5-7,11H,8H2,1-4H3,(H,18,19)(H2,16,17,20)/t11-/m0/s1. The van der Waals surface area contributed by atoms with Crippen LogP contribution in [0.4, 0.5) is 4.79 Å². The molecule has 110 valence electrons. The molecule has 0 bridgehead atoms. The number of carbonyl (C=O) groups is 2. The molecule has 3 N–H and O–H groups in total. The zero-order valence-electron chi connectivity index (χ0n) is 12.2. The lowest BCUT2D eigenvalue weighted by molar-refractivity contribution is -0.141. The first kappa shape index (κ1) is 15.9. The fraction of sp³-hybridized carbons (Fsp3) is 0.500. The number of carboxylic acid groups (broad SMARTS) is 1. The van der Waals surface area contributed by atoms with E-state index in [4.69, 9.17) is 5.11 Å². The third kappa shape index (κ3) is 4.53. The molecule has 1 rings (SSSR count). The average Bonchev–Trinajstić information content (AvgIpc) is 2.33. The third-order valence-corrected chi connectivity index (χ3v) is 2.92. The zero-order chi connectivity index (χ0) is 15.3. The minimum absolute atomic E-state index is 0.259. The number of aliphatic carboxylic acids is 1. The first-order valence-electron chi connectivity index (χ1n) is 6.39. The number of carbonyl (C=O) groups excluding carboxylic acids is 1. The minimum Gasteiger partial charge on any atom is -0.480 e.